The Morgan fingerprint density at radius 3 is 2.54 bits per heavy atom. The van der Waals surface area contributed by atoms with Gasteiger partial charge >= 0.3 is 0 Å². The molecule has 0 spiro atoms. The van der Waals surface area contributed by atoms with Crippen LogP contribution in [0.15, 0.2) is 41.8 Å². The van der Waals surface area contributed by atoms with Gasteiger partial charge in [-0.3, -0.25) is 0 Å². The largest absolute Gasteiger partial charge is 0.248 e. The highest BCUT2D eigenvalue weighted by molar-refractivity contribution is 7.14. The normalized spacial score (nSPS) is 11.2. The second-order valence-electron chi connectivity index (χ2n) is 6.21. The smallest absolute Gasteiger partial charge is 0.186 e. The number of halogens is 4. The Hall–Kier alpha value is -2.28. The van der Waals surface area contributed by atoms with Crippen molar-refractivity contribution in [1.82, 2.24) is 14.8 Å². The summed E-state index contributed by atoms with van der Waals surface area (Å²) >= 11 is 13.4. The number of aryl methyl sites for hydroxylation is 1. The molecule has 2 aromatic heterocycles. The van der Waals surface area contributed by atoms with Crippen molar-refractivity contribution in [3.63, 3.8) is 0 Å². The number of hydrogen-bond acceptors (Lipinski definition) is 3. The van der Waals surface area contributed by atoms with Crippen molar-refractivity contribution in [3.05, 3.63) is 69.0 Å². The molecule has 0 atom stereocenters. The van der Waals surface area contributed by atoms with Crippen molar-refractivity contribution in [2.75, 3.05) is 0 Å². The number of nitrogens with zero attached hydrogens (tertiary/aromatic N) is 3. The molecular weight excluding hydrogens is 423 g/mol. The zero-order chi connectivity index (χ0) is 20.0. The number of aromatic nitrogens is 3. The summed E-state index contributed by atoms with van der Waals surface area (Å²) in [5.41, 5.74) is 2.27. The van der Waals surface area contributed by atoms with E-state index in [1.165, 1.54) is 29.5 Å². The van der Waals surface area contributed by atoms with E-state index in [1.54, 1.807) is 29.9 Å². The van der Waals surface area contributed by atoms with Crippen molar-refractivity contribution in [2.45, 2.75) is 6.92 Å². The van der Waals surface area contributed by atoms with E-state index < -0.39 is 5.82 Å². The summed E-state index contributed by atoms with van der Waals surface area (Å²) in [5.74, 6) is -0.134. The molecule has 0 amide bonds. The van der Waals surface area contributed by atoms with Crippen LogP contribution in [0.2, 0.25) is 10.0 Å². The van der Waals surface area contributed by atoms with Gasteiger partial charge in [-0.2, -0.15) is 5.10 Å². The van der Waals surface area contributed by atoms with E-state index in [0.29, 0.717) is 16.4 Å². The number of benzene rings is 2. The van der Waals surface area contributed by atoms with Crippen molar-refractivity contribution >= 4 is 34.5 Å². The lowest BCUT2D eigenvalue weighted by atomic mass is 10.1. The summed E-state index contributed by atoms with van der Waals surface area (Å²) in [6.45, 7) is 1.89. The minimum Gasteiger partial charge on any atom is -0.248 e. The molecule has 0 aliphatic rings. The second-order valence-corrected chi connectivity index (χ2v) is 7.93. The molecule has 4 aromatic rings. The predicted octanol–water partition coefficient (Wildman–Crippen LogP) is 6.77. The Balaban J connectivity index is 1.81. The minimum atomic E-state index is -0.490. The molecule has 3 nitrogen and oxygen atoms in total. The van der Waals surface area contributed by atoms with Crippen molar-refractivity contribution in [1.29, 1.82) is 0 Å². The highest BCUT2D eigenvalue weighted by Crippen LogP contribution is 2.39. The Bertz CT molecular complexity index is 1180. The molecule has 0 saturated carbocycles. The lowest BCUT2D eigenvalue weighted by Crippen LogP contribution is -1.95. The number of rotatable bonds is 3. The van der Waals surface area contributed by atoms with Gasteiger partial charge in [-0.25, -0.2) is 18.4 Å². The zero-order valence-corrected chi connectivity index (χ0v) is 17.1. The fraction of sp³-hybridized carbons (Fsp3) is 0.100. The first-order chi connectivity index (χ1) is 13.4. The summed E-state index contributed by atoms with van der Waals surface area (Å²) < 4.78 is 30.2. The fourth-order valence-corrected chi connectivity index (χ4v) is 4.52. The molecule has 142 valence electrons. The van der Waals surface area contributed by atoms with Crippen LogP contribution in [-0.2, 0) is 7.05 Å². The summed E-state index contributed by atoms with van der Waals surface area (Å²) in [6.07, 6.45) is 0. The van der Waals surface area contributed by atoms with E-state index in [4.69, 9.17) is 23.2 Å². The molecular formula is C20H13Cl2F2N3S. The third-order valence-corrected chi connectivity index (χ3v) is 6.07. The van der Waals surface area contributed by atoms with Crippen LogP contribution in [0.3, 0.4) is 0 Å². The van der Waals surface area contributed by atoms with Gasteiger partial charge in [0.25, 0.3) is 0 Å². The first-order valence-corrected chi connectivity index (χ1v) is 9.89. The highest BCUT2D eigenvalue weighted by atomic mass is 35.5. The summed E-state index contributed by atoms with van der Waals surface area (Å²) in [5, 5.41) is 6.79. The number of thiophene rings is 1. The minimum absolute atomic E-state index is 0.155. The van der Waals surface area contributed by atoms with Crippen LogP contribution in [0.5, 0.6) is 0 Å². The van der Waals surface area contributed by atoms with Crippen molar-refractivity contribution < 1.29 is 8.78 Å². The Morgan fingerprint density at radius 2 is 1.82 bits per heavy atom. The van der Waals surface area contributed by atoms with E-state index in [0.717, 1.165) is 16.0 Å². The van der Waals surface area contributed by atoms with Crippen LogP contribution < -0.4 is 0 Å². The summed E-state index contributed by atoms with van der Waals surface area (Å²) in [7, 11) is 1.72. The van der Waals surface area contributed by atoms with Gasteiger partial charge in [0.2, 0.25) is 0 Å². The maximum Gasteiger partial charge on any atom is 0.186 e. The van der Waals surface area contributed by atoms with E-state index in [2.05, 4.69) is 10.1 Å². The van der Waals surface area contributed by atoms with Crippen molar-refractivity contribution in [2.24, 2.45) is 7.05 Å². The standard InChI is InChI=1S/C20H13Cl2F2N3S/c1-10-13(9-28-18(10)12-7-6-11(21)8-16(12)24)20-25-19(26-27(20)2)17-14(22)4-3-5-15(17)23/h3-9H,1-2H3. The van der Waals surface area contributed by atoms with Gasteiger partial charge in [0.05, 0.1) is 10.6 Å². The van der Waals surface area contributed by atoms with Gasteiger partial charge in [0.15, 0.2) is 11.6 Å². The molecule has 4 rings (SSSR count). The molecule has 0 saturated heterocycles. The maximum absolute atomic E-state index is 14.4. The third-order valence-electron chi connectivity index (χ3n) is 4.41. The van der Waals surface area contributed by atoms with Crippen LogP contribution in [0.4, 0.5) is 8.78 Å². The highest BCUT2D eigenvalue weighted by Gasteiger charge is 2.21. The first kappa shape index (κ1) is 19.1. The van der Waals surface area contributed by atoms with Crippen molar-refractivity contribution in [3.8, 4) is 33.2 Å². The quantitative estimate of drug-likeness (QED) is 0.355. The van der Waals surface area contributed by atoms with Gasteiger partial charge in [0.1, 0.15) is 11.6 Å². The Morgan fingerprint density at radius 1 is 1.04 bits per heavy atom. The molecule has 0 radical (unpaired) electrons. The van der Waals surface area contributed by atoms with Crippen LogP contribution in [-0.4, -0.2) is 14.8 Å². The van der Waals surface area contributed by atoms with Crippen LogP contribution in [0, 0.1) is 18.6 Å². The second kappa shape index (κ2) is 7.28. The molecule has 0 aliphatic heterocycles. The number of hydrogen-bond donors (Lipinski definition) is 0. The van der Waals surface area contributed by atoms with E-state index in [9.17, 15) is 8.78 Å². The lowest BCUT2D eigenvalue weighted by molar-refractivity contribution is 0.629. The molecule has 0 unspecified atom stereocenters. The maximum atomic E-state index is 14.4. The van der Waals surface area contributed by atoms with E-state index >= 15 is 0 Å². The van der Waals surface area contributed by atoms with Gasteiger partial charge in [0, 0.05) is 33.5 Å². The van der Waals surface area contributed by atoms with Crippen LogP contribution in [0.25, 0.3) is 33.2 Å². The molecule has 0 aliphatic carbocycles. The van der Waals surface area contributed by atoms with E-state index in [-0.39, 0.29) is 22.2 Å². The zero-order valence-electron chi connectivity index (χ0n) is 14.8. The summed E-state index contributed by atoms with van der Waals surface area (Å²) in [4.78, 5) is 5.27. The Kier molecular flexibility index (Phi) is 4.95. The average molecular weight is 436 g/mol. The lowest BCUT2D eigenvalue weighted by Gasteiger charge is -2.04. The Labute approximate surface area is 174 Å². The van der Waals surface area contributed by atoms with Gasteiger partial charge in [-0.05, 0) is 42.8 Å². The molecule has 2 aromatic carbocycles. The van der Waals surface area contributed by atoms with E-state index in [1.807, 2.05) is 12.3 Å². The van der Waals surface area contributed by atoms with Crippen LogP contribution in [0.1, 0.15) is 5.56 Å². The third kappa shape index (κ3) is 3.21. The molecule has 28 heavy (non-hydrogen) atoms. The van der Waals surface area contributed by atoms with Crippen LogP contribution >= 0.6 is 34.5 Å². The molecule has 0 N–H and O–H groups in total. The fourth-order valence-electron chi connectivity index (χ4n) is 3.01. The molecule has 2 heterocycles. The topological polar surface area (TPSA) is 30.7 Å². The molecule has 0 bridgehead atoms. The van der Waals surface area contributed by atoms with Gasteiger partial charge in [-0.1, -0.05) is 29.3 Å². The monoisotopic (exact) mass is 435 g/mol. The average Bonchev–Trinajstić information content (AvgIpc) is 3.18. The first-order valence-electron chi connectivity index (χ1n) is 8.26. The molecule has 8 heteroatoms. The summed E-state index contributed by atoms with van der Waals surface area (Å²) in [6, 6.07) is 9.03. The van der Waals surface area contributed by atoms with Gasteiger partial charge in [-0.15, -0.1) is 11.3 Å². The SMILES string of the molecule is Cc1c(-c2nc(-c3c(F)cccc3Cl)nn2C)csc1-c1ccc(Cl)cc1F. The molecule has 0 fully saturated rings. The van der Waals surface area contributed by atoms with Gasteiger partial charge < -0.3 is 0 Å². The predicted molar refractivity (Wildman–Crippen MR) is 110 cm³/mol.